The average Bonchev–Trinajstić information content (AvgIpc) is 2.86. The van der Waals surface area contributed by atoms with Crippen molar-refractivity contribution in [3.63, 3.8) is 0 Å². The second kappa shape index (κ2) is 4.94. The molecule has 1 aromatic rings. The lowest BCUT2D eigenvalue weighted by atomic mass is 9.80. The number of nitrogens with one attached hydrogen (secondary N) is 1. The Kier molecular flexibility index (Phi) is 3.15. The molecule has 0 saturated carbocycles. The Bertz CT molecular complexity index is 481. The molecule has 1 aliphatic carbocycles. The number of ether oxygens (including phenoxy) is 1. The number of pyridine rings is 1. The zero-order valence-corrected chi connectivity index (χ0v) is 10.4. The summed E-state index contributed by atoms with van der Waals surface area (Å²) < 4.78 is 5.29. The molecule has 2 atom stereocenters. The number of nitrogens with zero attached hydrogens (tertiary/aromatic N) is 1. The summed E-state index contributed by atoms with van der Waals surface area (Å²) in [7, 11) is 0. The number of fused-ring (bicyclic) bond motifs is 1. The van der Waals surface area contributed by atoms with Gasteiger partial charge in [0.2, 0.25) is 0 Å². The molecule has 0 radical (unpaired) electrons. The van der Waals surface area contributed by atoms with Crippen LogP contribution in [0.4, 0.5) is 0 Å². The van der Waals surface area contributed by atoms with Crippen LogP contribution in [0.2, 0.25) is 0 Å². The SMILES string of the molecule is C=COc1cncc(C2=CC[C@H]3CNC[C@H]3C2)c1. The van der Waals surface area contributed by atoms with Crippen molar-refractivity contribution < 1.29 is 4.74 Å². The molecule has 0 amide bonds. The van der Waals surface area contributed by atoms with Gasteiger partial charge in [-0.25, -0.2) is 0 Å². The van der Waals surface area contributed by atoms with E-state index in [1.165, 1.54) is 30.4 Å². The maximum Gasteiger partial charge on any atom is 0.145 e. The van der Waals surface area contributed by atoms with E-state index in [9.17, 15) is 0 Å². The van der Waals surface area contributed by atoms with Crippen molar-refractivity contribution in [1.29, 1.82) is 0 Å². The molecule has 0 aromatic carbocycles. The lowest BCUT2D eigenvalue weighted by Crippen LogP contribution is -2.16. The van der Waals surface area contributed by atoms with Gasteiger partial charge in [-0.1, -0.05) is 12.7 Å². The minimum atomic E-state index is 0.759. The Morgan fingerprint density at radius 2 is 2.22 bits per heavy atom. The van der Waals surface area contributed by atoms with Gasteiger partial charge in [0, 0.05) is 6.20 Å². The van der Waals surface area contributed by atoms with Gasteiger partial charge >= 0.3 is 0 Å². The van der Waals surface area contributed by atoms with Gasteiger partial charge in [-0.2, -0.15) is 0 Å². The summed E-state index contributed by atoms with van der Waals surface area (Å²) in [5.41, 5.74) is 2.58. The molecular formula is C15H18N2O. The first-order chi connectivity index (χ1) is 8.86. The van der Waals surface area contributed by atoms with Crippen molar-refractivity contribution in [2.24, 2.45) is 11.8 Å². The molecule has 94 valence electrons. The van der Waals surface area contributed by atoms with E-state index < -0.39 is 0 Å². The molecule has 1 fully saturated rings. The van der Waals surface area contributed by atoms with Crippen LogP contribution in [0.25, 0.3) is 5.57 Å². The summed E-state index contributed by atoms with van der Waals surface area (Å²) in [4.78, 5) is 4.23. The summed E-state index contributed by atoms with van der Waals surface area (Å²) in [5.74, 6) is 2.37. The number of rotatable bonds is 3. The van der Waals surface area contributed by atoms with Gasteiger partial charge in [0.05, 0.1) is 12.5 Å². The lowest BCUT2D eigenvalue weighted by Gasteiger charge is -2.24. The first-order valence-corrected chi connectivity index (χ1v) is 6.49. The van der Waals surface area contributed by atoms with E-state index in [1.807, 2.05) is 12.3 Å². The second-order valence-corrected chi connectivity index (χ2v) is 5.04. The van der Waals surface area contributed by atoms with E-state index in [-0.39, 0.29) is 0 Å². The molecule has 1 saturated heterocycles. The van der Waals surface area contributed by atoms with Crippen LogP contribution in [-0.4, -0.2) is 18.1 Å². The fourth-order valence-corrected chi connectivity index (χ4v) is 2.95. The highest BCUT2D eigenvalue weighted by atomic mass is 16.5. The van der Waals surface area contributed by atoms with Crippen LogP contribution in [0, 0.1) is 11.8 Å². The number of hydrogen-bond acceptors (Lipinski definition) is 3. The molecule has 3 nitrogen and oxygen atoms in total. The van der Waals surface area contributed by atoms with E-state index >= 15 is 0 Å². The van der Waals surface area contributed by atoms with Crippen LogP contribution in [0.5, 0.6) is 5.75 Å². The molecule has 18 heavy (non-hydrogen) atoms. The zero-order valence-electron chi connectivity index (χ0n) is 10.4. The minimum absolute atomic E-state index is 0.759. The predicted molar refractivity (Wildman–Crippen MR) is 72.1 cm³/mol. The number of aromatic nitrogens is 1. The maximum absolute atomic E-state index is 5.29. The highest BCUT2D eigenvalue weighted by Crippen LogP contribution is 2.36. The Morgan fingerprint density at radius 1 is 1.33 bits per heavy atom. The Morgan fingerprint density at radius 3 is 3.11 bits per heavy atom. The quantitative estimate of drug-likeness (QED) is 0.827. The average molecular weight is 242 g/mol. The van der Waals surface area contributed by atoms with Crippen molar-refractivity contribution >= 4 is 5.57 Å². The van der Waals surface area contributed by atoms with Crippen LogP contribution in [-0.2, 0) is 0 Å². The molecule has 1 aliphatic heterocycles. The monoisotopic (exact) mass is 242 g/mol. The summed E-state index contributed by atoms with van der Waals surface area (Å²) in [6.07, 6.45) is 9.77. The fourth-order valence-electron chi connectivity index (χ4n) is 2.95. The van der Waals surface area contributed by atoms with Gasteiger partial charge in [0.1, 0.15) is 5.75 Å². The molecular weight excluding hydrogens is 224 g/mol. The fraction of sp³-hybridized carbons (Fsp3) is 0.400. The van der Waals surface area contributed by atoms with E-state index in [4.69, 9.17) is 4.74 Å². The van der Waals surface area contributed by atoms with Crippen molar-refractivity contribution in [3.05, 3.63) is 42.9 Å². The maximum atomic E-state index is 5.29. The largest absolute Gasteiger partial charge is 0.464 e. The molecule has 1 N–H and O–H groups in total. The third kappa shape index (κ3) is 2.18. The topological polar surface area (TPSA) is 34.1 Å². The van der Waals surface area contributed by atoms with E-state index in [0.717, 1.165) is 30.6 Å². The molecule has 3 rings (SSSR count). The van der Waals surface area contributed by atoms with Gasteiger partial charge < -0.3 is 10.1 Å². The Labute approximate surface area is 108 Å². The molecule has 0 bridgehead atoms. The molecule has 2 aliphatic rings. The molecule has 0 unspecified atom stereocenters. The van der Waals surface area contributed by atoms with E-state index in [0.29, 0.717) is 0 Å². The molecule has 3 heteroatoms. The summed E-state index contributed by atoms with van der Waals surface area (Å²) in [6.45, 7) is 5.89. The number of hydrogen-bond donors (Lipinski definition) is 1. The van der Waals surface area contributed by atoms with Gasteiger partial charge in [0.25, 0.3) is 0 Å². The Hall–Kier alpha value is -1.61. The van der Waals surface area contributed by atoms with Crippen LogP contribution in [0.15, 0.2) is 37.4 Å². The summed E-state index contributed by atoms with van der Waals surface area (Å²) >= 11 is 0. The van der Waals surface area contributed by atoms with Crippen LogP contribution in [0.1, 0.15) is 18.4 Å². The minimum Gasteiger partial charge on any atom is -0.464 e. The van der Waals surface area contributed by atoms with Gasteiger partial charge in [-0.15, -0.1) is 0 Å². The van der Waals surface area contributed by atoms with Crippen molar-refractivity contribution in [2.45, 2.75) is 12.8 Å². The summed E-state index contributed by atoms with van der Waals surface area (Å²) in [5, 5.41) is 3.48. The third-order valence-corrected chi connectivity index (χ3v) is 3.93. The third-order valence-electron chi connectivity index (χ3n) is 3.93. The number of allylic oxidation sites excluding steroid dienone is 2. The first-order valence-electron chi connectivity index (χ1n) is 6.49. The van der Waals surface area contributed by atoms with E-state index in [1.54, 1.807) is 6.20 Å². The normalized spacial score (nSPS) is 26.3. The van der Waals surface area contributed by atoms with Crippen LogP contribution in [0.3, 0.4) is 0 Å². The highest BCUT2D eigenvalue weighted by molar-refractivity contribution is 5.67. The molecule has 0 spiro atoms. The molecule has 1 aromatic heterocycles. The smallest absolute Gasteiger partial charge is 0.145 e. The second-order valence-electron chi connectivity index (χ2n) is 5.04. The zero-order chi connectivity index (χ0) is 12.4. The van der Waals surface area contributed by atoms with E-state index in [2.05, 4.69) is 23.0 Å². The standard InChI is InChI=1S/C15H18N2O/c1-2-18-15-6-14(9-17-10-15)11-3-4-12-7-16-8-13(12)5-11/h2-3,6,9-10,12-13,16H,1,4-5,7-8H2/t12-,13+/m0/s1. The van der Waals surface area contributed by atoms with Crippen LogP contribution < -0.4 is 10.1 Å². The van der Waals surface area contributed by atoms with Crippen LogP contribution >= 0.6 is 0 Å². The van der Waals surface area contributed by atoms with Gasteiger partial charge in [-0.05, 0) is 55.0 Å². The molecule has 2 heterocycles. The first kappa shape index (κ1) is 11.5. The lowest BCUT2D eigenvalue weighted by molar-refractivity contribution is 0.417. The van der Waals surface area contributed by atoms with Crippen molar-refractivity contribution in [3.8, 4) is 5.75 Å². The van der Waals surface area contributed by atoms with Gasteiger partial charge in [-0.3, -0.25) is 4.98 Å². The predicted octanol–water partition coefficient (Wildman–Crippen LogP) is 2.62. The summed E-state index contributed by atoms with van der Waals surface area (Å²) in [6, 6.07) is 2.04. The Balaban J connectivity index is 1.82. The van der Waals surface area contributed by atoms with Crippen molar-refractivity contribution in [2.75, 3.05) is 13.1 Å². The van der Waals surface area contributed by atoms with Gasteiger partial charge in [0.15, 0.2) is 0 Å². The highest BCUT2D eigenvalue weighted by Gasteiger charge is 2.30. The van der Waals surface area contributed by atoms with Crippen molar-refractivity contribution in [1.82, 2.24) is 10.3 Å².